The standard InChI is InChI=1S/C14H13ClF2N2O/c1-8(2)14-18-7-13(12(6-15)19-14)20-9-3-4-10(16)11(17)5-9/h3-5,7-8H,6H2,1-2H3. The molecule has 0 saturated heterocycles. The number of hydrogen-bond donors (Lipinski definition) is 0. The molecule has 1 aromatic heterocycles. The molecule has 2 rings (SSSR count). The van der Waals surface area contributed by atoms with Gasteiger partial charge in [-0.25, -0.2) is 18.7 Å². The van der Waals surface area contributed by atoms with Crippen molar-refractivity contribution in [1.82, 2.24) is 9.97 Å². The van der Waals surface area contributed by atoms with Crippen molar-refractivity contribution in [1.29, 1.82) is 0 Å². The lowest BCUT2D eigenvalue weighted by Gasteiger charge is -2.11. The number of nitrogens with zero attached hydrogens (tertiary/aromatic N) is 2. The fraction of sp³-hybridized carbons (Fsp3) is 0.286. The highest BCUT2D eigenvalue weighted by molar-refractivity contribution is 6.17. The second-order valence-electron chi connectivity index (χ2n) is 4.51. The van der Waals surface area contributed by atoms with Crippen LogP contribution >= 0.6 is 11.6 Å². The number of ether oxygens (including phenoxy) is 1. The highest BCUT2D eigenvalue weighted by Gasteiger charge is 2.12. The van der Waals surface area contributed by atoms with Crippen LogP contribution in [0.4, 0.5) is 8.78 Å². The van der Waals surface area contributed by atoms with E-state index < -0.39 is 11.6 Å². The number of alkyl halides is 1. The van der Waals surface area contributed by atoms with Gasteiger partial charge in [-0.1, -0.05) is 13.8 Å². The maximum absolute atomic E-state index is 13.1. The average molecular weight is 299 g/mol. The van der Waals surface area contributed by atoms with Crippen molar-refractivity contribution >= 4 is 11.6 Å². The van der Waals surface area contributed by atoms with Gasteiger partial charge >= 0.3 is 0 Å². The van der Waals surface area contributed by atoms with Crippen LogP contribution in [0.5, 0.6) is 11.5 Å². The molecule has 2 aromatic rings. The molecule has 3 nitrogen and oxygen atoms in total. The van der Waals surface area contributed by atoms with Gasteiger partial charge in [-0.05, 0) is 12.1 Å². The molecule has 0 saturated carbocycles. The third-order valence-corrected chi connectivity index (χ3v) is 2.86. The lowest BCUT2D eigenvalue weighted by atomic mass is 10.2. The molecule has 1 heterocycles. The summed E-state index contributed by atoms with van der Waals surface area (Å²) in [5, 5.41) is 0. The number of aromatic nitrogens is 2. The summed E-state index contributed by atoms with van der Waals surface area (Å²) in [7, 11) is 0. The minimum Gasteiger partial charge on any atom is -0.454 e. The highest BCUT2D eigenvalue weighted by Crippen LogP contribution is 2.27. The van der Waals surface area contributed by atoms with E-state index in [4.69, 9.17) is 16.3 Å². The smallest absolute Gasteiger partial charge is 0.168 e. The SMILES string of the molecule is CC(C)c1ncc(Oc2ccc(F)c(F)c2)c(CCl)n1. The molecule has 0 aliphatic carbocycles. The zero-order chi connectivity index (χ0) is 14.7. The molecule has 0 aliphatic rings. The van der Waals surface area contributed by atoms with Crippen LogP contribution in [0.3, 0.4) is 0 Å². The quantitative estimate of drug-likeness (QED) is 0.784. The Kier molecular flexibility index (Phi) is 4.49. The third kappa shape index (κ3) is 3.22. The van der Waals surface area contributed by atoms with Gasteiger partial charge in [0.05, 0.1) is 12.1 Å². The first-order valence-electron chi connectivity index (χ1n) is 6.06. The number of hydrogen-bond acceptors (Lipinski definition) is 3. The molecule has 0 unspecified atom stereocenters. The zero-order valence-corrected chi connectivity index (χ0v) is 11.8. The largest absolute Gasteiger partial charge is 0.454 e. The van der Waals surface area contributed by atoms with Crippen LogP contribution < -0.4 is 4.74 Å². The monoisotopic (exact) mass is 298 g/mol. The number of halogens is 3. The van der Waals surface area contributed by atoms with Gasteiger partial charge in [-0.2, -0.15) is 0 Å². The average Bonchev–Trinajstić information content (AvgIpc) is 2.43. The summed E-state index contributed by atoms with van der Waals surface area (Å²) >= 11 is 5.83. The third-order valence-electron chi connectivity index (χ3n) is 2.61. The predicted molar refractivity (Wildman–Crippen MR) is 72.1 cm³/mol. The predicted octanol–water partition coefficient (Wildman–Crippen LogP) is 4.41. The Morgan fingerprint density at radius 2 is 2.00 bits per heavy atom. The van der Waals surface area contributed by atoms with Gasteiger partial charge in [0.25, 0.3) is 0 Å². The van der Waals surface area contributed by atoms with Gasteiger partial charge in [0.15, 0.2) is 17.4 Å². The van der Waals surface area contributed by atoms with E-state index >= 15 is 0 Å². The summed E-state index contributed by atoms with van der Waals surface area (Å²) < 4.78 is 31.4. The second kappa shape index (κ2) is 6.13. The van der Waals surface area contributed by atoms with Crippen molar-refractivity contribution in [2.75, 3.05) is 0 Å². The Hall–Kier alpha value is -1.75. The highest BCUT2D eigenvalue weighted by atomic mass is 35.5. The zero-order valence-electron chi connectivity index (χ0n) is 11.0. The van der Waals surface area contributed by atoms with Gasteiger partial charge in [0, 0.05) is 12.0 Å². The summed E-state index contributed by atoms with van der Waals surface area (Å²) in [5.41, 5.74) is 0.509. The Morgan fingerprint density at radius 1 is 1.25 bits per heavy atom. The van der Waals surface area contributed by atoms with E-state index in [1.807, 2.05) is 13.8 Å². The van der Waals surface area contributed by atoms with Crippen LogP contribution in [0.2, 0.25) is 0 Å². The van der Waals surface area contributed by atoms with Crippen LogP contribution in [0.25, 0.3) is 0 Å². The van der Waals surface area contributed by atoms with E-state index in [0.717, 1.165) is 12.1 Å². The van der Waals surface area contributed by atoms with Crippen molar-refractivity contribution < 1.29 is 13.5 Å². The molecular formula is C14H13ClF2N2O. The van der Waals surface area contributed by atoms with Crippen molar-refractivity contribution in [2.24, 2.45) is 0 Å². The van der Waals surface area contributed by atoms with Gasteiger partial charge in [-0.3, -0.25) is 0 Å². The summed E-state index contributed by atoms with van der Waals surface area (Å²) in [4.78, 5) is 8.45. The van der Waals surface area contributed by atoms with Crippen molar-refractivity contribution in [3.63, 3.8) is 0 Å². The van der Waals surface area contributed by atoms with Crippen LogP contribution in [-0.4, -0.2) is 9.97 Å². The molecule has 0 radical (unpaired) electrons. The van der Waals surface area contributed by atoms with E-state index in [9.17, 15) is 8.78 Å². The fourth-order valence-corrected chi connectivity index (χ4v) is 1.74. The van der Waals surface area contributed by atoms with Crippen LogP contribution in [0.15, 0.2) is 24.4 Å². The van der Waals surface area contributed by atoms with E-state index in [1.165, 1.54) is 12.3 Å². The lowest BCUT2D eigenvalue weighted by molar-refractivity contribution is 0.453. The minimum absolute atomic E-state index is 0.140. The molecule has 0 bridgehead atoms. The molecule has 6 heteroatoms. The molecule has 0 atom stereocenters. The van der Waals surface area contributed by atoms with Gasteiger partial charge in [0.2, 0.25) is 0 Å². The summed E-state index contributed by atoms with van der Waals surface area (Å²) in [6, 6.07) is 3.28. The first-order chi connectivity index (χ1) is 9.51. The maximum Gasteiger partial charge on any atom is 0.168 e. The molecule has 0 amide bonds. The number of rotatable bonds is 4. The summed E-state index contributed by atoms with van der Waals surface area (Å²) in [6.45, 7) is 3.92. The Balaban J connectivity index is 2.30. The Morgan fingerprint density at radius 3 is 2.60 bits per heavy atom. The van der Waals surface area contributed by atoms with Crippen molar-refractivity contribution in [2.45, 2.75) is 25.6 Å². The fourth-order valence-electron chi connectivity index (χ4n) is 1.55. The Bertz CT molecular complexity index is 620. The molecule has 0 N–H and O–H groups in total. The normalized spacial score (nSPS) is 10.9. The maximum atomic E-state index is 13.1. The minimum atomic E-state index is -0.977. The summed E-state index contributed by atoms with van der Waals surface area (Å²) in [6.07, 6.45) is 1.49. The van der Waals surface area contributed by atoms with Crippen LogP contribution in [0.1, 0.15) is 31.3 Å². The molecule has 106 valence electrons. The van der Waals surface area contributed by atoms with Crippen LogP contribution in [-0.2, 0) is 5.88 Å². The lowest BCUT2D eigenvalue weighted by Crippen LogP contribution is -2.02. The topological polar surface area (TPSA) is 35.0 Å². The van der Waals surface area contributed by atoms with E-state index in [2.05, 4.69) is 9.97 Å². The Labute approximate surface area is 120 Å². The molecule has 0 spiro atoms. The first-order valence-corrected chi connectivity index (χ1v) is 6.59. The molecule has 0 fully saturated rings. The van der Waals surface area contributed by atoms with E-state index in [-0.39, 0.29) is 17.5 Å². The van der Waals surface area contributed by atoms with E-state index in [0.29, 0.717) is 17.3 Å². The molecule has 20 heavy (non-hydrogen) atoms. The molecule has 1 aromatic carbocycles. The number of benzene rings is 1. The first kappa shape index (κ1) is 14.7. The molecular weight excluding hydrogens is 286 g/mol. The van der Waals surface area contributed by atoms with Crippen LogP contribution in [0, 0.1) is 11.6 Å². The molecule has 0 aliphatic heterocycles. The van der Waals surface area contributed by atoms with Gasteiger partial charge in [0.1, 0.15) is 17.3 Å². The van der Waals surface area contributed by atoms with Crippen molar-refractivity contribution in [3.05, 3.63) is 47.5 Å². The van der Waals surface area contributed by atoms with Gasteiger partial charge in [-0.15, -0.1) is 11.6 Å². The van der Waals surface area contributed by atoms with Gasteiger partial charge < -0.3 is 4.74 Å². The van der Waals surface area contributed by atoms with Crippen molar-refractivity contribution in [3.8, 4) is 11.5 Å². The van der Waals surface area contributed by atoms with E-state index in [1.54, 1.807) is 0 Å². The summed E-state index contributed by atoms with van der Waals surface area (Å²) in [5.74, 6) is -0.462. The second-order valence-corrected chi connectivity index (χ2v) is 4.77.